The van der Waals surface area contributed by atoms with Crippen LogP contribution in [0.25, 0.3) is 0 Å². The van der Waals surface area contributed by atoms with E-state index in [4.69, 9.17) is 4.74 Å². The van der Waals surface area contributed by atoms with Gasteiger partial charge in [0.05, 0.1) is 27.1 Å². The number of phenols is 1. The van der Waals surface area contributed by atoms with Gasteiger partial charge in [0, 0.05) is 12.1 Å². The number of phenolic OH excluding ortho intramolecular Hbond substituents is 1. The molecular formula is C13H11BrN2O6S. The van der Waals surface area contributed by atoms with E-state index < -0.39 is 20.7 Å². The molecule has 2 aromatic rings. The van der Waals surface area contributed by atoms with Gasteiger partial charge in [-0.1, -0.05) is 0 Å². The van der Waals surface area contributed by atoms with Gasteiger partial charge in [0.1, 0.15) is 11.5 Å². The second-order valence-corrected chi connectivity index (χ2v) is 6.90. The number of rotatable bonds is 5. The van der Waals surface area contributed by atoms with E-state index >= 15 is 0 Å². The second kappa shape index (κ2) is 6.42. The van der Waals surface area contributed by atoms with Crippen molar-refractivity contribution in [1.82, 2.24) is 0 Å². The van der Waals surface area contributed by atoms with Gasteiger partial charge in [-0.15, -0.1) is 0 Å². The van der Waals surface area contributed by atoms with Crippen molar-refractivity contribution in [3.05, 3.63) is 51.0 Å². The van der Waals surface area contributed by atoms with Crippen molar-refractivity contribution in [2.75, 3.05) is 11.8 Å². The van der Waals surface area contributed by atoms with Crippen LogP contribution in [0.5, 0.6) is 11.5 Å². The first kappa shape index (κ1) is 17.0. The number of non-ortho nitro benzene ring substituents is 1. The first-order valence-electron chi connectivity index (χ1n) is 6.08. The van der Waals surface area contributed by atoms with Crippen LogP contribution < -0.4 is 9.46 Å². The fourth-order valence-corrected chi connectivity index (χ4v) is 3.52. The van der Waals surface area contributed by atoms with Crippen LogP contribution in [0.2, 0.25) is 0 Å². The highest BCUT2D eigenvalue weighted by atomic mass is 79.9. The van der Waals surface area contributed by atoms with Crippen LogP contribution in [-0.4, -0.2) is 25.6 Å². The quantitative estimate of drug-likeness (QED) is 0.450. The number of nitrogens with one attached hydrogen (secondary N) is 1. The Morgan fingerprint density at radius 1 is 1.26 bits per heavy atom. The predicted octanol–water partition coefficient (Wildman–Crippen LogP) is 2.87. The molecule has 0 aliphatic rings. The molecule has 0 fully saturated rings. The lowest BCUT2D eigenvalue weighted by atomic mass is 10.2. The molecule has 8 nitrogen and oxygen atoms in total. The summed E-state index contributed by atoms with van der Waals surface area (Å²) in [6, 6.07) is 7.12. The van der Waals surface area contributed by atoms with Gasteiger partial charge in [0.25, 0.3) is 15.7 Å². The lowest BCUT2D eigenvalue weighted by molar-refractivity contribution is -0.384. The van der Waals surface area contributed by atoms with Gasteiger partial charge in [-0.05, 0) is 40.2 Å². The summed E-state index contributed by atoms with van der Waals surface area (Å²) in [5, 5.41) is 20.4. The molecule has 10 heteroatoms. The SMILES string of the molecule is COc1ccc(S(=O)(=O)Nc2cc([N+](=O)[O-])ccc2O)cc1Br. The topological polar surface area (TPSA) is 119 Å². The summed E-state index contributed by atoms with van der Waals surface area (Å²) in [7, 11) is -2.61. The minimum absolute atomic E-state index is 0.101. The van der Waals surface area contributed by atoms with Crippen LogP contribution in [0.15, 0.2) is 45.8 Å². The molecule has 0 saturated carbocycles. The lowest BCUT2D eigenvalue weighted by Crippen LogP contribution is -2.13. The van der Waals surface area contributed by atoms with E-state index in [-0.39, 0.29) is 16.3 Å². The summed E-state index contributed by atoms with van der Waals surface area (Å²) in [6.07, 6.45) is 0. The number of methoxy groups -OCH3 is 1. The molecule has 2 aromatic carbocycles. The minimum atomic E-state index is -4.04. The van der Waals surface area contributed by atoms with Crippen molar-refractivity contribution < 1.29 is 23.2 Å². The third kappa shape index (κ3) is 3.71. The number of anilines is 1. The van der Waals surface area contributed by atoms with Gasteiger partial charge in [-0.2, -0.15) is 0 Å². The van der Waals surface area contributed by atoms with Crippen molar-refractivity contribution in [3.63, 3.8) is 0 Å². The van der Waals surface area contributed by atoms with Crippen molar-refractivity contribution in [3.8, 4) is 11.5 Å². The zero-order valence-corrected chi connectivity index (χ0v) is 14.1. The highest BCUT2D eigenvalue weighted by Crippen LogP contribution is 2.32. The number of nitro groups is 1. The summed E-state index contributed by atoms with van der Waals surface area (Å²) in [4.78, 5) is 9.95. The predicted molar refractivity (Wildman–Crippen MR) is 86.3 cm³/mol. The first-order valence-corrected chi connectivity index (χ1v) is 8.36. The molecule has 122 valence electrons. The maximum Gasteiger partial charge on any atom is 0.271 e. The third-order valence-electron chi connectivity index (χ3n) is 2.87. The largest absolute Gasteiger partial charge is 0.506 e. The van der Waals surface area contributed by atoms with Gasteiger partial charge >= 0.3 is 0 Å². The highest BCUT2D eigenvalue weighted by molar-refractivity contribution is 9.10. The average molecular weight is 403 g/mol. The van der Waals surface area contributed by atoms with E-state index in [0.717, 1.165) is 18.2 Å². The molecule has 0 bridgehead atoms. The Bertz CT molecular complexity index is 869. The third-order valence-corrected chi connectivity index (χ3v) is 4.85. The van der Waals surface area contributed by atoms with Crippen molar-refractivity contribution in [2.24, 2.45) is 0 Å². The van der Waals surface area contributed by atoms with Gasteiger partial charge in [0.2, 0.25) is 0 Å². The molecule has 0 spiro atoms. The minimum Gasteiger partial charge on any atom is -0.506 e. The summed E-state index contributed by atoms with van der Waals surface area (Å²) in [5.74, 6) is 0.0221. The number of hydrogen-bond acceptors (Lipinski definition) is 6. The van der Waals surface area contributed by atoms with E-state index in [1.54, 1.807) is 0 Å². The normalized spacial score (nSPS) is 11.0. The Kier molecular flexibility index (Phi) is 4.76. The fourth-order valence-electron chi connectivity index (χ4n) is 1.74. The summed E-state index contributed by atoms with van der Waals surface area (Å²) < 4.78 is 32.2. The number of nitrogens with zero attached hydrogens (tertiary/aromatic N) is 1. The van der Waals surface area contributed by atoms with E-state index in [1.807, 2.05) is 0 Å². The average Bonchev–Trinajstić information content (AvgIpc) is 2.49. The monoisotopic (exact) mass is 402 g/mol. The summed E-state index contributed by atoms with van der Waals surface area (Å²) in [5.41, 5.74) is -0.637. The van der Waals surface area contributed by atoms with Crippen LogP contribution in [0.4, 0.5) is 11.4 Å². The molecule has 0 aliphatic carbocycles. The van der Waals surface area contributed by atoms with Crippen LogP contribution in [-0.2, 0) is 10.0 Å². The van der Waals surface area contributed by atoms with Crippen LogP contribution >= 0.6 is 15.9 Å². The standard InChI is InChI=1S/C13H11BrN2O6S/c1-22-13-5-3-9(7-10(13)14)23(20,21)15-11-6-8(16(18)19)2-4-12(11)17/h2-7,15,17H,1H3. The molecular weight excluding hydrogens is 392 g/mol. The van der Waals surface area contributed by atoms with Crippen LogP contribution in [0.1, 0.15) is 0 Å². The maximum absolute atomic E-state index is 12.3. The molecule has 0 aliphatic heterocycles. The van der Waals surface area contributed by atoms with Crippen molar-refractivity contribution in [2.45, 2.75) is 4.90 Å². The van der Waals surface area contributed by atoms with E-state index in [9.17, 15) is 23.6 Å². The lowest BCUT2D eigenvalue weighted by Gasteiger charge is -2.11. The van der Waals surface area contributed by atoms with E-state index in [0.29, 0.717) is 10.2 Å². The summed E-state index contributed by atoms with van der Waals surface area (Å²) in [6.45, 7) is 0. The highest BCUT2D eigenvalue weighted by Gasteiger charge is 2.19. The number of aromatic hydroxyl groups is 1. The molecule has 0 radical (unpaired) electrons. The number of hydrogen-bond donors (Lipinski definition) is 2. The number of ether oxygens (including phenoxy) is 1. The zero-order chi connectivity index (χ0) is 17.2. The van der Waals surface area contributed by atoms with E-state index in [2.05, 4.69) is 20.7 Å². The van der Waals surface area contributed by atoms with Crippen molar-refractivity contribution >= 4 is 37.3 Å². The molecule has 2 N–H and O–H groups in total. The maximum atomic E-state index is 12.3. The van der Waals surface area contributed by atoms with Gasteiger partial charge in [-0.25, -0.2) is 8.42 Å². The molecule has 0 aromatic heterocycles. The van der Waals surface area contributed by atoms with Crippen LogP contribution in [0.3, 0.4) is 0 Å². The van der Waals surface area contributed by atoms with Crippen molar-refractivity contribution in [1.29, 1.82) is 0 Å². The Hall–Kier alpha value is -2.33. The van der Waals surface area contributed by atoms with Gasteiger partial charge in [-0.3, -0.25) is 14.8 Å². The smallest absolute Gasteiger partial charge is 0.271 e. The Labute approximate surface area is 140 Å². The molecule has 23 heavy (non-hydrogen) atoms. The van der Waals surface area contributed by atoms with Crippen LogP contribution in [0, 0.1) is 10.1 Å². The Morgan fingerprint density at radius 2 is 1.96 bits per heavy atom. The number of halogens is 1. The molecule has 0 heterocycles. The molecule has 2 rings (SSSR count). The number of benzene rings is 2. The van der Waals surface area contributed by atoms with E-state index in [1.165, 1.54) is 25.3 Å². The van der Waals surface area contributed by atoms with Gasteiger partial charge < -0.3 is 9.84 Å². The number of sulfonamides is 1. The van der Waals surface area contributed by atoms with Gasteiger partial charge in [0.15, 0.2) is 0 Å². The zero-order valence-electron chi connectivity index (χ0n) is 11.7. The Balaban J connectivity index is 2.40. The molecule has 0 atom stereocenters. The molecule has 0 amide bonds. The first-order chi connectivity index (χ1) is 10.7. The number of nitro benzene ring substituents is 1. The fraction of sp³-hybridized carbons (Fsp3) is 0.0769. The molecule has 0 unspecified atom stereocenters. The Morgan fingerprint density at radius 3 is 2.52 bits per heavy atom. The summed E-state index contributed by atoms with van der Waals surface area (Å²) >= 11 is 3.17. The molecule has 0 saturated heterocycles. The second-order valence-electron chi connectivity index (χ2n) is 4.36.